The van der Waals surface area contributed by atoms with E-state index in [1.54, 1.807) is 42.9 Å². The second-order valence-electron chi connectivity index (χ2n) is 7.83. The topological polar surface area (TPSA) is 153 Å². The van der Waals surface area contributed by atoms with Crippen molar-refractivity contribution < 1.29 is 14.3 Å². The van der Waals surface area contributed by atoms with E-state index in [9.17, 15) is 14.3 Å². The Hall–Kier alpha value is -4.61. The summed E-state index contributed by atoms with van der Waals surface area (Å²) in [5, 5.41) is 26.9. The zero-order valence-electron chi connectivity index (χ0n) is 18.3. The van der Waals surface area contributed by atoms with E-state index < -0.39 is 5.91 Å². The molecule has 5 aromatic rings. The summed E-state index contributed by atoms with van der Waals surface area (Å²) in [5.41, 5.74) is 8.47. The van der Waals surface area contributed by atoms with Crippen LogP contribution in [0.3, 0.4) is 0 Å². The molecule has 5 rings (SSSR count). The molecule has 4 N–H and O–H groups in total. The number of aromatic nitrogens is 8. The highest BCUT2D eigenvalue weighted by molar-refractivity contribution is 6.04. The molecule has 34 heavy (non-hydrogen) atoms. The zero-order chi connectivity index (χ0) is 24.0. The summed E-state index contributed by atoms with van der Waals surface area (Å²) in [5.74, 6) is -0.634. The number of hydrogen-bond donors (Lipinski definition) is 3. The molecule has 0 aliphatic heterocycles. The normalized spacial score (nSPS) is 11.4. The van der Waals surface area contributed by atoms with Crippen LogP contribution in [0.4, 0.5) is 4.39 Å². The first kappa shape index (κ1) is 21.2. The van der Waals surface area contributed by atoms with Gasteiger partial charge in [0.25, 0.3) is 5.91 Å². The Morgan fingerprint density at radius 1 is 1.21 bits per heavy atom. The van der Waals surface area contributed by atoms with Crippen LogP contribution in [0, 0.1) is 19.7 Å². The van der Waals surface area contributed by atoms with Gasteiger partial charge in [-0.2, -0.15) is 25.0 Å². The van der Waals surface area contributed by atoms with E-state index in [-0.39, 0.29) is 29.0 Å². The van der Waals surface area contributed by atoms with Gasteiger partial charge in [0.2, 0.25) is 11.8 Å². The number of halogens is 1. The maximum absolute atomic E-state index is 13.2. The summed E-state index contributed by atoms with van der Waals surface area (Å²) in [7, 11) is 0. The summed E-state index contributed by atoms with van der Waals surface area (Å²) < 4.78 is 16.2. The van der Waals surface area contributed by atoms with Gasteiger partial charge in [-0.05, 0) is 44.0 Å². The van der Waals surface area contributed by atoms with Gasteiger partial charge in [0.1, 0.15) is 17.2 Å². The molecule has 172 valence electrons. The first-order valence-corrected chi connectivity index (χ1v) is 10.4. The Kier molecular flexibility index (Phi) is 5.04. The summed E-state index contributed by atoms with van der Waals surface area (Å²) in [4.78, 5) is 20.7. The van der Waals surface area contributed by atoms with Gasteiger partial charge in [-0.3, -0.25) is 14.5 Å². The molecular formula is C22H20FN9O2. The fourth-order valence-electron chi connectivity index (χ4n) is 3.76. The smallest absolute Gasteiger partial charge is 0.269 e. The number of nitrogens with two attached hydrogens (primary N) is 1. The minimum absolute atomic E-state index is 0.0508. The van der Waals surface area contributed by atoms with Crippen LogP contribution in [0.15, 0.2) is 36.5 Å². The number of nitrogens with zero attached hydrogens (tertiary/aromatic N) is 7. The number of aromatic amines is 1. The number of fused-ring (bicyclic) bond motifs is 1. The summed E-state index contributed by atoms with van der Waals surface area (Å²) >= 11 is 0. The largest absolute Gasteiger partial charge is 0.504 e. The molecule has 0 spiro atoms. The number of nitrogens with one attached hydrogen (secondary N) is 1. The van der Waals surface area contributed by atoms with Crippen LogP contribution in [0.5, 0.6) is 5.75 Å². The first-order valence-electron chi connectivity index (χ1n) is 10.4. The lowest BCUT2D eigenvalue weighted by Gasteiger charge is -2.05. The molecule has 4 aromatic heterocycles. The molecular weight excluding hydrogens is 441 g/mol. The summed E-state index contributed by atoms with van der Waals surface area (Å²) in [6.45, 7) is 3.88. The molecule has 0 aliphatic carbocycles. The number of H-pyrrole nitrogens is 1. The molecule has 0 aliphatic rings. The van der Waals surface area contributed by atoms with Crippen molar-refractivity contribution in [3.63, 3.8) is 0 Å². The second-order valence-corrected chi connectivity index (χ2v) is 7.83. The number of carbonyl (C=O) groups excluding carboxylic acids is 1. The maximum Gasteiger partial charge on any atom is 0.269 e. The van der Waals surface area contributed by atoms with Crippen molar-refractivity contribution in [2.75, 3.05) is 0 Å². The quantitative estimate of drug-likeness (QED) is 0.350. The highest BCUT2D eigenvalue weighted by Gasteiger charge is 2.23. The van der Waals surface area contributed by atoms with Crippen LogP contribution >= 0.6 is 0 Å². The number of aromatic hydroxyl groups is 1. The van der Waals surface area contributed by atoms with Crippen molar-refractivity contribution in [3.8, 4) is 23.2 Å². The van der Waals surface area contributed by atoms with E-state index in [0.717, 1.165) is 5.56 Å². The molecule has 0 saturated heterocycles. The van der Waals surface area contributed by atoms with Crippen LogP contribution in [0.1, 0.15) is 27.4 Å². The third-order valence-electron chi connectivity index (χ3n) is 5.44. The van der Waals surface area contributed by atoms with Crippen molar-refractivity contribution >= 4 is 16.8 Å². The van der Waals surface area contributed by atoms with Crippen molar-refractivity contribution in [2.45, 2.75) is 26.8 Å². The summed E-state index contributed by atoms with van der Waals surface area (Å²) in [6, 6.07) is 7.91. The third kappa shape index (κ3) is 3.64. The van der Waals surface area contributed by atoms with Gasteiger partial charge in [0, 0.05) is 17.6 Å². The number of amides is 1. The van der Waals surface area contributed by atoms with E-state index >= 15 is 0 Å². The number of rotatable bonds is 6. The lowest BCUT2D eigenvalue weighted by atomic mass is 10.1. The predicted octanol–water partition coefficient (Wildman–Crippen LogP) is 2.21. The number of hydrogen-bond acceptors (Lipinski definition) is 7. The monoisotopic (exact) mass is 461 g/mol. The van der Waals surface area contributed by atoms with Crippen LogP contribution in [-0.4, -0.2) is 50.7 Å². The van der Waals surface area contributed by atoms with Gasteiger partial charge in [0.15, 0.2) is 11.4 Å². The van der Waals surface area contributed by atoms with E-state index in [1.165, 1.54) is 16.8 Å². The first-order chi connectivity index (χ1) is 16.3. The lowest BCUT2D eigenvalue weighted by molar-refractivity contribution is 0.0996. The Morgan fingerprint density at radius 2 is 1.97 bits per heavy atom. The maximum atomic E-state index is 13.2. The van der Waals surface area contributed by atoms with Crippen LogP contribution < -0.4 is 5.73 Å². The molecule has 0 bridgehead atoms. The Balaban J connectivity index is 1.52. The molecule has 0 saturated carbocycles. The average Bonchev–Trinajstić information content (AvgIpc) is 3.49. The number of pyridine rings is 1. The molecule has 0 unspecified atom stereocenters. The standard InChI is InChI=1S/C22H20FN9O2/c1-11-9-15-16(10-25-11)32(30-17(15)20(24)34)22-26-21(27-28-22)18-19(33)12(2)29-31(18)8-7-13-3-5-14(23)6-4-13/h3-6,9-10,33H,7-8H2,1-2H3,(H2,24,34)(H,26,27,28). The van der Waals surface area contributed by atoms with Crippen molar-refractivity contribution in [2.24, 2.45) is 5.73 Å². The van der Waals surface area contributed by atoms with Gasteiger partial charge >= 0.3 is 0 Å². The molecule has 12 heteroatoms. The van der Waals surface area contributed by atoms with E-state index in [2.05, 4.69) is 30.4 Å². The molecule has 0 atom stereocenters. The van der Waals surface area contributed by atoms with Crippen LogP contribution in [0.2, 0.25) is 0 Å². The Bertz CT molecular complexity index is 1530. The van der Waals surface area contributed by atoms with Gasteiger partial charge in [-0.1, -0.05) is 12.1 Å². The van der Waals surface area contributed by atoms with E-state index in [0.29, 0.717) is 41.0 Å². The Morgan fingerprint density at radius 3 is 2.71 bits per heavy atom. The predicted molar refractivity (Wildman–Crippen MR) is 120 cm³/mol. The molecule has 11 nitrogen and oxygen atoms in total. The SMILES string of the molecule is Cc1cc2c(C(N)=O)nn(-c3nc(-c4c(O)c(C)nn4CCc4ccc(F)cc4)n[nH]3)c2cn1. The average molecular weight is 461 g/mol. The van der Waals surface area contributed by atoms with E-state index in [1.807, 2.05) is 0 Å². The van der Waals surface area contributed by atoms with E-state index in [4.69, 9.17) is 5.73 Å². The van der Waals surface area contributed by atoms with Crippen molar-refractivity contribution in [1.82, 2.24) is 39.7 Å². The van der Waals surface area contributed by atoms with Gasteiger partial charge in [-0.15, -0.1) is 0 Å². The molecule has 0 fully saturated rings. The highest BCUT2D eigenvalue weighted by Crippen LogP contribution is 2.31. The Labute approximate surface area is 192 Å². The number of aryl methyl sites for hydroxylation is 4. The lowest BCUT2D eigenvalue weighted by Crippen LogP contribution is -2.12. The minimum atomic E-state index is -0.679. The minimum Gasteiger partial charge on any atom is -0.504 e. The molecule has 1 amide bonds. The number of primary amides is 1. The summed E-state index contributed by atoms with van der Waals surface area (Å²) in [6.07, 6.45) is 2.13. The number of benzene rings is 1. The zero-order valence-corrected chi connectivity index (χ0v) is 18.3. The number of carbonyl (C=O) groups is 1. The molecule has 1 aromatic carbocycles. The van der Waals surface area contributed by atoms with Crippen LogP contribution in [0.25, 0.3) is 28.4 Å². The van der Waals surface area contributed by atoms with Gasteiger partial charge in [0.05, 0.1) is 11.7 Å². The van der Waals surface area contributed by atoms with Gasteiger partial charge < -0.3 is 10.8 Å². The third-order valence-corrected chi connectivity index (χ3v) is 5.44. The fourth-order valence-corrected chi connectivity index (χ4v) is 3.76. The van der Waals surface area contributed by atoms with Crippen molar-refractivity contribution in [1.29, 1.82) is 0 Å². The molecule has 0 radical (unpaired) electrons. The highest BCUT2D eigenvalue weighted by atomic mass is 19.1. The van der Waals surface area contributed by atoms with Gasteiger partial charge in [-0.25, -0.2) is 9.49 Å². The van der Waals surface area contributed by atoms with Crippen LogP contribution in [-0.2, 0) is 13.0 Å². The van der Waals surface area contributed by atoms with Crippen molar-refractivity contribution in [3.05, 3.63) is 65.0 Å². The fraction of sp³-hybridized carbons (Fsp3) is 0.182. The second kappa shape index (κ2) is 8.06. The molecule has 4 heterocycles.